The van der Waals surface area contributed by atoms with Crippen molar-refractivity contribution >= 4 is 15.9 Å². The van der Waals surface area contributed by atoms with Gasteiger partial charge in [0.15, 0.2) is 0 Å². The predicted molar refractivity (Wildman–Crippen MR) is 79.7 cm³/mol. The first-order valence-corrected chi connectivity index (χ1v) is 7.35. The molecular formula is C13H25BrN4. The lowest BCUT2D eigenvalue weighted by molar-refractivity contribution is 0.251. The molecule has 0 saturated carbocycles. The molecule has 1 unspecified atom stereocenters. The summed E-state index contributed by atoms with van der Waals surface area (Å²) >= 11 is 3.58. The van der Waals surface area contributed by atoms with Gasteiger partial charge in [-0.1, -0.05) is 6.92 Å². The number of hydrogen-bond acceptors (Lipinski definition) is 3. The quantitative estimate of drug-likeness (QED) is 0.784. The van der Waals surface area contributed by atoms with Crippen LogP contribution in [0.5, 0.6) is 0 Å². The summed E-state index contributed by atoms with van der Waals surface area (Å²) in [5, 5.41) is 7.86. The van der Waals surface area contributed by atoms with Crippen LogP contribution in [0.15, 0.2) is 4.47 Å². The monoisotopic (exact) mass is 316 g/mol. The number of nitrogens with one attached hydrogen (secondary N) is 1. The normalized spacial score (nSPS) is 13.3. The summed E-state index contributed by atoms with van der Waals surface area (Å²) in [6.07, 6.45) is 1.20. The predicted octanol–water partition coefficient (Wildman–Crippen LogP) is 2.31. The molecule has 0 amide bonds. The number of aromatic nitrogens is 2. The number of halogens is 1. The van der Waals surface area contributed by atoms with Gasteiger partial charge in [-0.3, -0.25) is 4.68 Å². The van der Waals surface area contributed by atoms with Crippen molar-refractivity contribution in [1.82, 2.24) is 20.0 Å². The molecular weight excluding hydrogens is 292 g/mol. The summed E-state index contributed by atoms with van der Waals surface area (Å²) in [6, 6.07) is 0.650. The minimum atomic E-state index is 0.650. The van der Waals surface area contributed by atoms with Crippen LogP contribution >= 0.6 is 15.9 Å². The molecule has 0 aliphatic heterocycles. The van der Waals surface area contributed by atoms with Crippen LogP contribution in [-0.2, 0) is 13.6 Å². The maximum atomic E-state index is 4.39. The molecule has 1 aromatic heterocycles. The van der Waals surface area contributed by atoms with Crippen molar-refractivity contribution in [3.63, 3.8) is 0 Å². The number of hydrogen-bond donors (Lipinski definition) is 1. The minimum Gasteiger partial charge on any atom is -0.310 e. The van der Waals surface area contributed by atoms with E-state index >= 15 is 0 Å². The van der Waals surface area contributed by atoms with Gasteiger partial charge in [0.25, 0.3) is 0 Å². The van der Waals surface area contributed by atoms with E-state index in [4.69, 9.17) is 0 Å². The van der Waals surface area contributed by atoms with Crippen molar-refractivity contribution in [3.8, 4) is 0 Å². The van der Waals surface area contributed by atoms with E-state index in [9.17, 15) is 0 Å². The molecule has 104 valence electrons. The van der Waals surface area contributed by atoms with E-state index in [2.05, 4.69) is 52.1 Å². The summed E-state index contributed by atoms with van der Waals surface area (Å²) in [5.41, 5.74) is 2.25. The van der Waals surface area contributed by atoms with E-state index in [-0.39, 0.29) is 0 Å². The lowest BCUT2D eigenvalue weighted by Crippen LogP contribution is -2.35. The van der Waals surface area contributed by atoms with Crippen LogP contribution < -0.4 is 5.32 Å². The Labute approximate surface area is 119 Å². The fraction of sp³-hybridized carbons (Fsp3) is 0.769. The lowest BCUT2D eigenvalue weighted by Gasteiger charge is -2.23. The number of rotatable bonds is 7. The van der Waals surface area contributed by atoms with Gasteiger partial charge in [0, 0.05) is 32.7 Å². The van der Waals surface area contributed by atoms with Crippen molar-refractivity contribution in [3.05, 3.63) is 15.9 Å². The van der Waals surface area contributed by atoms with Gasteiger partial charge in [-0.05, 0) is 43.2 Å². The first-order valence-electron chi connectivity index (χ1n) is 6.56. The first kappa shape index (κ1) is 15.7. The lowest BCUT2D eigenvalue weighted by atomic mass is 10.2. The Hall–Kier alpha value is -0.390. The Morgan fingerprint density at radius 1 is 1.50 bits per heavy atom. The van der Waals surface area contributed by atoms with E-state index in [0.29, 0.717) is 6.04 Å². The second-order valence-electron chi connectivity index (χ2n) is 4.88. The van der Waals surface area contributed by atoms with Crippen LogP contribution in [0.4, 0.5) is 0 Å². The molecule has 4 nitrogen and oxygen atoms in total. The number of nitrogens with zero attached hydrogens (tertiary/aromatic N) is 3. The molecule has 0 aliphatic rings. The summed E-state index contributed by atoms with van der Waals surface area (Å²) < 4.78 is 3.05. The largest absolute Gasteiger partial charge is 0.310 e. The third-order valence-electron chi connectivity index (χ3n) is 3.54. The fourth-order valence-electron chi connectivity index (χ4n) is 1.87. The molecule has 1 N–H and O–H groups in total. The molecule has 1 rings (SSSR count). The molecule has 0 fully saturated rings. The Balaban J connectivity index is 2.34. The maximum absolute atomic E-state index is 4.39. The molecule has 0 aliphatic carbocycles. The smallest absolute Gasteiger partial charge is 0.0739 e. The van der Waals surface area contributed by atoms with Crippen LogP contribution in [0.2, 0.25) is 0 Å². The van der Waals surface area contributed by atoms with Gasteiger partial charge in [-0.25, -0.2) is 0 Å². The van der Waals surface area contributed by atoms with Crippen molar-refractivity contribution in [2.45, 2.75) is 39.8 Å². The average Bonchev–Trinajstić information content (AvgIpc) is 2.58. The van der Waals surface area contributed by atoms with Gasteiger partial charge in [0.1, 0.15) is 0 Å². The second kappa shape index (κ2) is 7.26. The number of likely N-dealkylation sites (N-methyl/N-ethyl adjacent to an activating group) is 1. The highest BCUT2D eigenvalue weighted by Crippen LogP contribution is 2.19. The van der Waals surface area contributed by atoms with Crippen LogP contribution in [0.25, 0.3) is 0 Å². The summed E-state index contributed by atoms with van der Waals surface area (Å²) in [6.45, 7) is 9.43. The van der Waals surface area contributed by atoms with E-state index in [0.717, 1.165) is 29.8 Å². The van der Waals surface area contributed by atoms with Crippen molar-refractivity contribution in [2.24, 2.45) is 7.05 Å². The zero-order valence-electron chi connectivity index (χ0n) is 12.1. The van der Waals surface area contributed by atoms with Crippen LogP contribution in [0.1, 0.15) is 31.7 Å². The van der Waals surface area contributed by atoms with Gasteiger partial charge < -0.3 is 10.2 Å². The molecule has 1 atom stereocenters. The maximum Gasteiger partial charge on any atom is 0.0739 e. The van der Waals surface area contributed by atoms with E-state index in [1.807, 2.05) is 18.7 Å². The SMILES string of the molecule is CCC(C)N(C)CCNCc1c(Br)c(C)nn1C. The van der Waals surface area contributed by atoms with E-state index in [1.54, 1.807) is 0 Å². The van der Waals surface area contributed by atoms with Gasteiger partial charge >= 0.3 is 0 Å². The van der Waals surface area contributed by atoms with Crippen molar-refractivity contribution in [2.75, 3.05) is 20.1 Å². The molecule has 5 heteroatoms. The van der Waals surface area contributed by atoms with Crippen molar-refractivity contribution < 1.29 is 0 Å². The molecule has 0 saturated heterocycles. The van der Waals surface area contributed by atoms with Crippen LogP contribution in [-0.4, -0.2) is 40.9 Å². The zero-order chi connectivity index (χ0) is 13.7. The Bertz CT molecular complexity index is 375. The van der Waals surface area contributed by atoms with Gasteiger partial charge in [0.2, 0.25) is 0 Å². The fourth-order valence-corrected chi connectivity index (χ4v) is 2.34. The van der Waals surface area contributed by atoms with E-state index in [1.165, 1.54) is 12.1 Å². The third kappa shape index (κ3) is 4.07. The second-order valence-corrected chi connectivity index (χ2v) is 5.68. The molecule has 0 aromatic carbocycles. The Morgan fingerprint density at radius 2 is 2.17 bits per heavy atom. The van der Waals surface area contributed by atoms with Crippen LogP contribution in [0, 0.1) is 6.92 Å². The molecule has 0 spiro atoms. The van der Waals surface area contributed by atoms with Gasteiger partial charge in [-0.2, -0.15) is 5.10 Å². The van der Waals surface area contributed by atoms with Gasteiger partial charge in [-0.15, -0.1) is 0 Å². The molecule has 0 bridgehead atoms. The van der Waals surface area contributed by atoms with Gasteiger partial charge in [0.05, 0.1) is 15.9 Å². The standard InChI is InChI=1S/C13H25BrN4/c1-6-10(2)17(4)8-7-15-9-12-13(14)11(3)16-18(12)5/h10,15H,6-9H2,1-5H3. The van der Waals surface area contributed by atoms with Crippen LogP contribution in [0.3, 0.4) is 0 Å². The Kier molecular flexibility index (Phi) is 6.32. The topological polar surface area (TPSA) is 33.1 Å². The molecule has 18 heavy (non-hydrogen) atoms. The van der Waals surface area contributed by atoms with E-state index < -0.39 is 0 Å². The average molecular weight is 317 g/mol. The van der Waals surface area contributed by atoms with Crippen molar-refractivity contribution in [1.29, 1.82) is 0 Å². The zero-order valence-corrected chi connectivity index (χ0v) is 13.7. The highest BCUT2D eigenvalue weighted by Gasteiger charge is 2.10. The first-order chi connectivity index (χ1) is 8.47. The minimum absolute atomic E-state index is 0.650. The third-order valence-corrected chi connectivity index (χ3v) is 4.57. The number of aryl methyl sites for hydroxylation is 2. The molecule has 1 aromatic rings. The highest BCUT2D eigenvalue weighted by atomic mass is 79.9. The molecule has 1 heterocycles. The molecule has 0 radical (unpaired) electrons. The summed E-state index contributed by atoms with van der Waals surface area (Å²) in [7, 11) is 4.17. The Morgan fingerprint density at radius 3 is 2.67 bits per heavy atom. The summed E-state index contributed by atoms with van der Waals surface area (Å²) in [4.78, 5) is 2.39. The summed E-state index contributed by atoms with van der Waals surface area (Å²) in [5.74, 6) is 0. The highest BCUT2D eigenvalue weighted by molar-refractivity contribution is 9.10.